The Labute approximate surface area is 157 Å². The van der Waals surface area contributed by atoms with E-state index in [2.05, 4.69) is 5.32 Å². The van der Waals surface area contributed by atoms with Gasteiger partial charge in [0.2, 0.25) is 11.8 Å². The van der Waals surface area contributed by atoms with Crippen LogP contribution in [0.4, 0.5) is 11.4 Å². The molecule has 7 heteroatoms. The predicted molar refractivity (Wildman–Crippen MR) is 102 cm³/mol. The average molecular weight is 370 g/mol. The van der Waals surface area contributed by atoms with Crippen LogP contribution < -0.4 is 24.4 Å². The fraction of sp³-hybridized carbons (Fsp3) is 0.300. The first-order chi connectivity index (χ1) is 13.0. The van der Waals surface area contributed by atoms with E-state index in [0.717, 1.165) is 5.69 Å². The standard InChI is InChI=1S/C20H22N2O5/c1-25-16-6-4-5-15(11-16)22-12-13(9-19(22)23)20(24)21-14-7-8-17(26-2)18(10-14)27-3/h4-8,10-11,13H,9,12H2,1-3H3,(H,21,24)/t13-/m0/s1. The van der Waals surface area contributed by atoms with Crippen molar-refractivity contribution >= 4 is 23.2 Å². The summed E-state index contributed by atoms with van der Waals surface area (Å²) in [4.78, 5) is 26.6. The van der Waals surface area contributed by atoms with E-state index in [9.17, 15) is 9.59 Å². The van der Waals surface area contributed by atoms with Gasteiger partial charge in [-0.15, -0.1) is 0 Å². The normalized spacial score (nSPS) is 16.2. The van der Waals surface area contributed by atoms with Gasteiger partial charge < -0.3 is 24.4 Å². The number of methoxy groups -OCH3 is 3. The van der Waals surface area contributed by atoms with Crippen molar-refractivity contribution in [1.29, 1.82) is 0 Å². The molecule has 1 N–H and O–H groups in total. The van der Waals surface area contributed by atoms with E-state index in [1.165, 1.54) is 7.11 Å². The topological polar surface area (TPSA) is 77.1 Å². The summed E-state index contributed by atoms with van der Waals surface area (Å²) in [7, 11) is 4.66. The molecule has 1 heterocycles. The van der Waals surface area contributed by atoms with Gasteiger partial charge in [-0.2, -0.15) is 0 Å². The molecule has 2 amide bonds. The molecule has 1 saturated heterocycles. The highest BCUT2D eigenvalue weighted by Gasteiger charge is 2.35. The molecule has 0 saturated carbocycles. The van der Waals surface area contributed by atoms with Crippen LogP contribution in [-0.4, -0.2) is 39.7 Å². The Morgan fingerprint density at radius 3 is 2.52 bits per heavy atom. The third-order valence-corrected chi connectivity index (χ3v) is 4.51. The largest absolute Gasteiger partial charge is 0.497 e. The molecule has 7 nitrogen and oxygen atoms in total. The van der Waals surface area contributed by atoms with Crippen LogP contribution in [0.15, 0.2) is 42.5 Å². The van der Waals surface area contributed by atoms with Gasteiger partial charge in [-0.25, -0.2) is 0 Å². The van der Waals surface area contributed by atoms with Crippen LogP contribution in [0, 0.1) is 5.92 Å². The van der Waals surface area contributed by atoms with Crippen LogP contribution in [0.2, 0.25) is 0 Å². The Morgan fingerprint density at radius 1 is 1.04 bits per heavy atom. The lowest BCUT2D eigenvalue weighted by Crippen LogP contribution is -2.28. The molecule has 2 aromatic rings. The smallest absolute Gasteiger partial charge is 0.229 e. The first-order valence-corrected chi connectivity index (χ1v) is 8.53. The lowest BCUT2D eigenvalue weighted by Gasteiger charge is -2.17. The minimum absolute atomic E-state index is 0.0873. The molecule has 142 valence electrons. The van der Waals surface area contributed by atoms with Crippen molar-refractivity contribution in [3.63, 3.8) is 0 Å². The number of hydrogen-bond acceptors (Lipinski definition) is 5. The Kier molecular flexibility index (Phi) is 5.49. The molecule has 1 aliphatic rings. The van der Waals surface area contributed by atoms with Gasteiger partial charge in [0.25, 0.3) is 0 Å². The zero-order chi connectivity index (χ0) is 19.4. The average Bonchev–Trinajstić information content (AvgIpc) is 3.09. The summed E-state index contributed by atoms with van der Waals surface area (Å²) in [5, 5.41) is 2.85. The van der Waals surface area contributed by atoms with Gasteiger partial charge in [0.05, 0.1) is 27.2 Å². The maximum absolute atomic E-state index is 12.6. The van der Waals surface area contributed by atoms with Crippen molar-refractivity contribution in [2.75, 3.05) is 38.1 Å². The van der Waals surface area contributed by atoms with E-state index in [1.807, 2.05) is 18.2 Å². The van der Waals surface area contributed by atoms with Crippen molar-refractivity contribution in [3.8, 4) is 17.2 Å². The SMILES string of the molecule is COc1cccc(N2C[C@@H](C(=O)Nc3ccc(OC)c(OC)c3)CC2=O)c1. The first kappa shape index (κ1) is 18.6. The van der Waals surface area contributed by atoms with Crippen molar-refractivity contribution in [3.05, 3.63) is 42.5 Å². The Hall–Kier alpha value is -3.22. The van der Waals surface area contributed by atoms with E-state index >= 15 is 0 Å². The second-order valence-electron chi connectivity index (χ2n) is 6.17. The van der Waals surface area contributed by atoms with Gasteiger partial charge in [-0.3, -0.25) is 9.59 Å². The quantitative estimate of drug-likeness (QED) is 0.846. The maximum Gasteiger partial charge on any atom is 0.229 e. The monoisotopic (exact) mass is 370 g/mol. The number of hydrogen-bond donors (Lipinski definition) is 1. The van der Waals surface area contributed by atoms with Gasteiger partial charge >= 0.3 is 0 Å². The van der Waals surface area contributed by atoms with Gasteiger partial charge in [0, 0.05) is 36.5 Å². The van der Waals surface area contributed by atoms with Crippen molar-refractivity contribution < 1.29 is 23.8 Å². The van der Waals surface area contributed by atoms with E-state index in [1.54, 1.807) is 43.4 Å². The summed E-state index contributed by atoms with van der Waals surface area (Å²) in [6.45, 7) is 0.325. The van der Waals surface area contributed by atoms with E-state index in [4.69, 9.17) is 14.2 Å². The Balaban J connectivity index is 1.70. The lowest BCUT2D eigenvalue weighted by atomic mass is 10.1. The van der Waals surface area contributed by atoms with E-state index < -0.39 is 5.92 Å². The number of benzene rings is 2. The third-order valence-electron chi connectivity index (χ3n) is 4.51. The van der Waals surface area contributed by atoms with Crippen LogP contribution in [0.5, 0.6) is 17.2 Å². The second-order valence-corrected chi connectivity index (χ2v) is 6.17. The fourth-order valence-corrected chi connectivity index (χ4v) is 3.07. The summed E-state index contributed by atoms with van der Waals surface area (Å²) in [5.74, 6) is 1.04. The number of carbonyl (C=O) groups is 2. The molecule has 27 heavy (non-hydrogen) atoms. The molecule has 0 unspecified atom stereocenters. The summed E-state index contributed by atoms with van der Waals surface area (Å²) in [6.07, 6.45) is 0.163. The predicted octanol–water partition coefficient (Wildman–Crippen LogP) is 2.70. The van der Waals surface area contributed by atoms with Crippen LogP contribution in [0.3, 0.4) is 0 Å². The second kappa shape index (κ2) is 7.99. The molecule has 0 radical (unpaired) electrons. The highest BCUT2D eigenvalue weighted by atomic mass is 16.5. The molecular formula is C20H22N2O5. The van der Waals surface area contributed by atoms with Gasteiger partial charge in [-0.05, 0) is 24.3 Å². The number of nitrogens with zero attached hydrogens (tertiary/aromatic N) is 1. The zero-order valence-electron chi connectivity index (χ0n) is 15.5. The maximum atomic E-state index is 12.6. The van der Waals surface area contributed by atoms with Crippen LogP contribution in [0.1, 0.15) is 6.42 Å². The first-order valence-electron chi connectivity index (χ1n) is 8.53. The number of anilines is 2. The van der Waals surface area contributed by atoms with Gasteiger partial charge in [0.15, 0.2) is 11.5 Å². The van der Waals surface area contributed by atoms with Crippen LogP contribution >= 0.6 is 0 Å². The number of nitrogens with one attached hydrogen (secondary N) is 1. The van der Waals surface area contributed by atoms with Crippen LogP contribution in [0.25, 0.3) is 0 Å². The summed E-state index contributed by atoms with van der Waals surface area (Å²) in [5.41, 5.74) is 1.31. The number of rotatable bonds is 6. The minimum Gasteiger partial charge on any atom is -0.497 e. The molecule has 1 atom stereocenters. The zero-order valence-corrected chi connectivity index (χ0v) is 15.5. The summed E-state index contributed by atoms with van der Waals surface area (Å²) >= 11 is 0. The highest BCUT2D eigenvalue weighted by molar-refractivity contribution is 6.03. The van der Waals surface area contributed by atoms with Gasteiger partial charge in [0.1, 0.15) is 5.75 Å². The summed E-state index contributed by atoms with van der Waals surface area (Å²) < 4.78 is 15.6. The van der Waals surface area contributed by atoms with Gasteiger partial charge in [-0.1, -0.05) is 6.07 Å². The Morgan fingerprint density at radius 2 is 1.81 bits per heavy atom. The fourth-order valence-electron chi connectivity index (χ4n) is 3.07. The summed E-state index contributed by atoms with van der Waals surface area (Å²) in [6, 6.07) is 12.4. The van der Waals surface area contributed by atoms with Crippen molar-refractivity contribution in [2.24, 2.45) is 5.92 Å². The molecule has 1 fully saturated rings. The van der Waals surface area contributed by atoms with Crippen molar-refractivity contribution in [1.82, 2.24) is 0 Å². The highest BCUT2D eigenvalue weighted by Crippen LogP contribution is 2.31. The third kappa shape index (κ3) is 3.97. The molecule has 1 aliphatic heterocycles. The molecule has 0 spiro atoms. The van der Waals surface area contributed by atoms with E-state index in [0.29, 0.717) is 29.5 Å². The lowest BCUT2D eigenvalue weighted by molar-refractivity contribution is -0.122. The molecular weight excluding hydrogens is 348 g/mol. The number of amides is 2. The Bertz CT molecular complexity index is 852. The molecule has 2 aromatic carbocycles. The number of carbonyl (C=O) groups excluding carboxylic acids is 2. The van der Waals surface area contributed by atoms with Crippen molar-refractivity contribution in [2.45, 2.75) is 6.42 Å². The molecule has 3 rings (SSSR count). The number of ether oxygens (including phenoxy) is 3. The minimum atomic E-state index is -0.434. The van der Waals surface area contributed by atoms with E-state index in [-0.39, 0.29) is 18.2 Å². The van der Waals surface area contributed by atoms with Crippen LogP contribution in [-0.2, 0) is 9.59 Å². The molecule has 0 bridgehead atoms. The molecule has 0 aromatic heterocycles. The molecule has 0 aliphatic carbocycles.